The van der Waals surface area contributed by atoms with Gasteiger partial charge in [-0.2, -0.15) is 24.9 Å². The Morgan fingerprint density at radius 2 is 1.86 bits per heavy atom. The van der Waals surface area contributed by atoms with Crippen LogP contribution in [0.5, 0.6) is 5.75 Å². The van der Waals surface area contributed by atoms with Gasteiger partial charge in [-0.25, -0.2) is 4.79 Å². The first-order valence-corrected chi connectivity index (χ1v) is 16.0. The fourth-order valence-electron chi connectivity index (χ4n) is 4.80. The van der Waals surface area contributed by atoms with E-state index in [1.165, 1.54) is 12.0 Å². The van der Waals surface area contributed by atoms with Crippen molar-refractivity contribution in [2.24, 2.45) is 5.73 Å². The summed E-state index contributed by atoms with van der Waals surface area (Å²) in [6.07, 6.45) is 3.00. The normalized spacial score (nSPS) is 19.8. The highest BCUT2D eigenvalue weighted by Gasteiger charge is 2.41. The zero-order chi connectivity index (χ0) is 32.8. The summed E-state index contributed by atoms with van der Waals surface area (Å²) in [5.41, 5.74) is 5.91. The highest BCUT2D eigenvalue weighted by Crippen LogP contribution is 2.28. The van der Waals surface area contributed by atoms with E-state index in [1.807, 2.05) is 24.6 Å². The Bertz CT molecular complexity index is 984. The minimum Gasteiger partial charge on any atom is -0.493 e. The first kappa shape index (κ1) is 38.5. The Kier molecular flexibility index (Phi) is 16.4. The summed E-state index contributed by atoms with van der Waals surface area (Å²) in [4.78, 5) is 37.7. The van der Waals surface area contributed by atoms with E-state index in [9.17, 15) is 27.6 Å². The number of hydrogen-bond donors (Lipinski definition) is 2. The molecule has 2 amide bonds. The van der Waals surface area contributed by atoms with Gasteiger partial charge in [0, 0.05) is 19.1 Å². The fraction of sp³-hybridized carbons (Fsp3) is 0.700. The van der Waals surface area contributed by atoms with Crippen LogP contribution in [0.1, 0.15) is 58.9 Å². The predicted octanol–water partition coefficient (Wildman–Crippen LogP) is 4.66. The molecule has 0 radical (unpaired) electrons. The predicted molar refractivity (Wildman–Crippen MR) is 164 cm³/mol. The number of alkyl halides is 3. The molecular weight excluding hydrogens is 585 g/mol. The number of hydrogen-bond acceptors (Lipinski definition) is 8. The molecule has 4 unspecified atom stereocenters. The van der Waals surface area contributed by atoms with Crippen LogP contribution in [0.3, 0.4) is 0 Å². The standard InChI is InChI=1S/C19H33F3N4O4.C9H10O.C2H6S/c1-12(19(20,21)22)26(9-8-14-6-7-15(16(23)28)25(14)5)10-13(11-27)24-17(29)30-18(2,3)4;1-2-6-9-8(4-1)5-3-7-10-9;1-3-2/h11-15H,6-10H2,1-5H3,(H2,23,28)(H,24,29);1-2,4,6H,3,5,7H2;1-2H3. The number of ether oxygens (including phenoxy) is 2. The van der Waals surface area contributed by atoms with Crippen LogP contribution >= 0.6 is 11.8 Å². The van der Waals surface area contributed by atoms with E-state index in [1.54, 1.807) is 44.5 Å². The van der Waals surface area contributed by atoms with Crippen molar-refractivity contribution in [3.8, 4) is 5.75 Å². The van der Waals surface area contributed by atoms with E-state index in [2.05, 4.69) is 17.4 Å². The molecular formula is C30H49F3N4O5S. The van der Waals surface area contributed by atoms with E-state index in [0.717, 1.165) is 30.6 Å². The summed E-state index contributed by atoms with van der Waals surface area (Å²) in [6, 6.07) is 4.74. The van der Waals surface area contributed by atoms with Crippen LogP contribution in [0.2, 0.25) is 0 Å². The Morgan fingerprint density at radius 3 is 2.37 bits per heavy atom. The molecule has 0 spiro atoms. The number of benzene rings is 1. The van der Waals surface area contributed by atoms with E-state index in [0.29, 0.717) is 25.5 Å². The van der Waals surface area contributed by atoms with E-state index in [4.69, 9.17) is 15.2 Å². The Morgan fingerprint density at radius 1 is 1.23 bits per heavy atom. The van der Waals surface area contributed by atoms with Gasteiger partial charge in [0.15, 0.2) is 0 Å². The summed E-state index contributed by atoms with van der Waals surface area (Å²) in [7, 11) is 1.73. The summed E-state index contributed by atoms with van der Waals surface area (Å²) < 4.78 is 50.6. The first-order chi connectivity index (χ1) is 20.0. The van der Waals surface area contributed by atoms with Crippen molar-refractivity contribution in [3.05, 3.63) is 29.8 Å². The molecule has 1 saturated heterocycles. The second-order valence-corrected chi connectivity index (χ2v) is 12.5. The monoisotopic (exact) mass is 634 g/mol. The molecule has 0 saturated carbocycles. The summed E-state index contributed by atoms with van der Waals surface area (Å²) in [5, 5.41) is 2.31. The van der Waals surface area contributed by atoms with Gasteiger partial charge in [0.25, 0.3) is 0 Å². The lowest BCUT2D eigenvalue weighted by Gasteiger charge is -2.34. The Labute approximate surface area is 258 Å². The van der Waals surface area contributed by atoms with Crippen molar-refractivity contribution in [2.45, 2.75) is 95.7 Å². The second kappa shape index (κ2) is 18.3. The van der Waals surface area contributed by atoms with Crippen molar-refractivity contribution in [1.29, 1.82) is 0 Å². The quantitative estimate of drug-likeness (QED) is 0.377. The number of halogens is 3. The lowest BCUT2D eigenvalue weighted by atomic mass is 10.1. The Hall–Kier alpha value is -2.51. The molecule has 246 valence electrons. The van der Waals surface area contributed by atoms with Crippen LogP contribution in [0, 0.1) is 0 Å². The van der Waals surface area contributed by atoms with Crippen LogP contribution < -0.4 is 15.8 Å². The molecule has 4 atom stereocenters. The number of fused-ring (bicyclic) bond motifs is 1. The SMILES string of the molecule is CC(N(CCC1CCC(C(N)=O)N1C)CC(C=O)NC(=O)OC(C)(C)C)C(F)(F)F.CSC.c1ccc2c(c1)CCCO2. The van der Waals surface area contributed by atoms with Crippen molar-refractivity contribution >= 4 is 30.0 Å². The number of rotatable bonds is 9. The van der Waals surface area contributed by atoms with Gasteiger partial charge >= 0.3 is 12.3 Å². The number of likely N-dealkylation sites (N-methyl/N-ethyl adjacent to an activating group) is 1. The number of carbonyl (C=O) groups excluding carboxylic acids is 3. The van der Waals surface area contributed by atoms with Crippen LogP contribution in [-0.2, 0) is 20.7 Å². The van der Waals surface area contributed by atoms with Crippen molar-refractivity contribution in [2.75, 3.05) is 39.3 Å². The van der Waals surface area contributed by atoms with Crippen LogP contribution in [0.4, 0.5) is 18.0 Å². The molecule has 2 aliphatic heterocycles. The minimum atomic E-state index is -4.50. The molecule has 13 heteroatoms. The number of aldehydes is 1. The van der Waals surface area contributed by atoms with E-state index < -0.39 is 41.9 Å². The largest absolute Gasteiger partial charge is 0.493 e. The number of para-hydroxylation sites is 1. The summed E-state index contributed by atoms with van der Waals surface area (Å²) in [6.45, 7) is 6.52. The third kappa shape index (κ3) is 14.2. The third-order valence-corrected chi connectivity index (χ3v) is 7.06. The smallest absolute Gasteiger partial charge is 0.408 e. The average Bonchev–Trinajstić information content (AvgIpc) is 3.29. The number of likely N-dealkylation sites (tertiary alicyclic amines) is 1. The van der Waals surface area contributed by atoms with Crippen molar-refractivity contribution < 1.29 is 37.0 Å². The molecule has 9 nitrogen and oxygen atoms in total. The van der Waals surface area contributed by atoms with Crippen molar-refractivity contribution in [1.82, 2.24) is 15.1 Å². The lowest BCUT2D eigenvalue weighted by molar-refractivity contribution is -0.180. The number of alkyl carbamates (subject to hydrolysis) is 1. The number of aryl methyl sites for hydroxylation is 1. The van der Waals surface area contributed by atoms with Gasteiger partial charge in [-0.3, -0.25) is 14.6 Å². The third-order valence-electron chi connectivity index (χ3n) is 7.06. The molecule has 0 aliphatic carbocycles. The van der Waals surface area contributed by atoms with Crippen molar-refractivity contribution in [3.63, 3.8) is 0 Å². The van der Waals surface area contributed by atoms with Gasteiger partial charge in [-0.15, -0.1) is 0 Å². The molecule has 0 bridgehead atoms. The zero-order valence-corrected chi connectivity index (χ0v) is 27.2. The van der Waals surface area contributed by atoms with Gasteiger partial charge in [0.2, 0.25) is 5.91 Å². The number of nitrogens with one attached hydrogen (secondary N) is 1. The molecule has 43 heavy (non-hydrogen) atoms. The molecule has 3 N–H and O–H groups in total. The van der Waals surface area contributed by atoms with Crippen LogP contribution in [0.15, 0.2) is 24.3 Å². The first-order valence-electron chi connectivity index (χ1n) is 14.4. The summed E-state index contributed by atoms with van der Waals surface area (Å²) >= 11 is 1.75. The maximum atomic E-state index is 13.4. The van der Waals surface area contributed by atoms with Gasteiger partial charge in [0.05, 0.1) is 12.6 Å². The van der Waals surface area contributed by atoms with Crippen LogP contribution in [-0.4, -0.2) is 103 Å². The van der Waals surface area contributed by atoms with E-state index >= 15 is 0 Å². The molecule has 1 aromatic carbocycles. The molecule has 2 heterocycles. The average molecular weight is 635 g/mol. The second-order valence-electron chi connectivity index (χ2n) is 11.7. The van der Waals surface area contributed by atoms with Crippen LogP contribution in [0.25, 0.3) is 0 Å². The van der Waals surface area contributed by atoms with Gasteiger partial charge in [-0.1, -0.05) is 18.2 Å². The fourth-order valence-corrected chi connectivity index (χ4v) is 4.80. The van der Waals surface area contributed by atoms with E-state index in [-0.39, 0.29) is 19.1 Å². The maximum Gasteiger partial charge on any atom is 0.408 e. The van der Waals surface area contributed by atoms with Gasteiger partial charge in [0.1, 0.15) is 29.7 Å². The molecule has 1 aromatic rings. The Balaban J connectivity index is 0.000000579. The molecule has 1 fully saturated rings. The number of primary amides is 1. The topological polar surface area (TPSA) is 114 Å². The number of carbonyl (C=O) groups is 3. The molecule has 0 aromatic heterocycles. The highest BCUT2D eigenvalue weighted by atomic mass is 32.2. The lowest BCUT2D eigenvalue weighted by Crippen LogP contribution is -2.53. The molecule has 2 aliphatic rings. The number of thioether (sulfide) groups is 1. The minimum absolute atomic E-state index is 0.0293. The molecule has 3 rings (SSSR count). The number of nitrogens with two attached hydrogens (primary N) is 1. The number of amides is 2. The van der Waals surface area contributed by atoms with Gasteiger partial charge < -0.3 is 25.3 Å². The maximum absolute atomic E-state index is 13.4. The number of nitrogens with zero attached hydrogens (tertiary/aromatic N) is 2. The highest BCUT2D eigenvalue weighted by molar-refractivity contribution is 7.97. The summed E-state index contributed by atoms with van der Waals surface area (Å²) in [5.74, 6) is 0.622. The van der Waals surface area contributed by atoms with Gasteiger partial charge in [-0.05, 0) is 91.0 Å². The zero-order valence-electron chi connectivity index (χ0n) is 26.4.